The maximum Gasteiger partial charge on any atom is 0.322 e. The summed E-state index contributed by atoms with van der Waals surface area (Å²) >= 11 is 0. The Morgan fingerprint density at radius 2 is 1.76 bits per heavy atom. The molecule has 3 amide bonds. The van der Waals surface area contributed by atoms with Gasteiger partial charge in [0.2, 0.25) is 5.91 Å². The molecule has 0 saturated heterocycles. The minimum atomic E-state index is -0.295. The van der Waals surface area contributed by atoms with E-state index in [-0.39, 0.29) is 23.9 Å². The van der Waals surface area contributed by atoms with Crippen LogP contribution in [0.1, 0.15) is 58.2 Å². The fourth-order valence-corrected chi connectivity index (χ4v) is 3.84. The number of anilines is 2. The van der Waals surface area contributed by atoms with E-state index in [0.29, 0.717) is 18.1 Å². The number of ether oxygens (including phenoxy) is 1. The van der Waals surface area contributed by atoms with Gasteiger partial charge in [0.1, 0.15) is 18.1 Å². The zero-order valence-corrected chi connectivity index (χ0v) is 22.8. The number of benzene rings is 2. The van der Waals surface area contributed by atoms with E-state index in [1.165, 1.54) is 0 Å². The molecule has 0 unspecified atom stereocenters. The summed E-state index contributed by atoms with van der Waals surface area (Å²) in [5.74, 6) is 0.999. The van der Waals surface area contributed by atoms with Crippen molar-refractivity contribution < 1.29 is 14.3 Å². The third-order valence-electron chi connectivity index (χ3n) is 5.98. The van der Waals surface area contributed by atoms with Gasteiger partial charge in [-0.2, -0.15) is 5.10 Å². The SMILES string of the molecule is CCCCCN(CC(=O)Nc1cc(C(C)(C)C)nn1-c1ccc(OC)cc1)C(=O)Nc1cccc(C)c1. The molecule has 8 heteroatoms. The molecule has 0 aliphatic carbocycles. The smallest absolute Gasteiger partial charge is 0.322 e. The lowest BCUT2D eigenvalue weighted by molar-refractivity contribution is -0.116. The lowest BCUT2D eigenvalue weighted by Gasteiger charge is -2.23. The van der Waals surface area contributed by atoms with Crippen LogP contribution in [0.4, 0.5) is 16.3 Å². The molecule has 0 radical (unpaired) electrons. The Morgan fingerprint density at radius 1 is 1.03 bits per heavy atom. The zero-order valence-electron chi connectivity index (χ0n) is 22.8. The van der Waals surface area contributed by atoms with Gasteiger partial charge in [-0.25, -0.2) is 9.48 Å². The average Bonchev–Trinajstić information content (AvgIpc) is 3.28. The number of rotatable bonds is 10. The van der Waals surface area contributed by atoms with Gasteiger partial charge in [-0.3, -0.25) is 4.79 Å². The van der Waals surface area contributed by atoms with Gasteiger partial charge in [0, 0.05) is 23.7 Å². The van der Waals surface area contributed by atoms with Gasteiger partial charge in [0.25, 0.3) is 0 Å². The highest BCUT2D eigenvalue weighted by molar-refractivity contribution is 5.96. The highest BCUT2D eigenvalue weighted by atomic mass is 16.5. The highest BCUT2D eigenvalue weighted by Gasteiger charge is 2.23. The molecule has 37 heavy (non-hydrogen) atoms. The van der Waals surface area contributed by atoms with Crippen LogP contribution in [0.15, 0.2) is 54.6 Å². The van der Waals surface area contributed by atoms with Gasteiger partial charge in [-0.15, -0.1) is 0 Å². The quantitative estimate of drug-likeness (QED) is 0.324. The first-order valence-electron chi connectivity index (χ1n) is 12.8. The maximum atomic E-state index is 13.2. The van der Waals surface area contributed by atoms with Crippen molar-refractivity contribution in [2.45, 2.75) is 59.3 Å². The first-order chi connectivity index (χ1) is 17.6. The van der Waals surface area contributed by atoms with Gasteiger partial charge in [-0.05, 0) is 55.3 Å². The number of aromatic nitrogens is 2. The van der Waals surface area contributed by atoms with Crippen molar-refractivity contribution in [1.82, 2.24) is 14.7 Å². The number of hydrogen-bond donors (Lipinski definition) is 2. The molecule has 0 saturated carbocycles. The number of carbonyl (C=O) groups is 2. The Kier molecular flexibility index (Phi) is 9.33. The van der Waals surface area contributed by atoms with Gasteiger partial charge in [0.05, 0.1) is 18.5 Å². The number of aryl methyl sites for hydroxylation is 1. The van der Waals surface area contributed by atoms with Crippen LogP contribution in [0.25, 0.3) is 5.69 Å². The normalized spacial score (nSPS) is 11.2. The van der Waals surface area contributed by atoms with Gasteiger partial charge < -0.3 is 20.3 Å². The lowest BCUT2D eigenvalue weighted by atomic mass is 9.92. The van der Waals surface area contributed by atoms with Crippen LogP contribution < -0.4 is 15.4 Å². The lowest BCUT2D eigenvalue weighted by Crippen LogP contribution is -2.41. The van der Waals surface area contributed by atoms with Crippen LogP contribution in [0.3, 0.4) is 0 Å². The van der Waals surface area contributed by atoms with Crippen LogP contribution in [0.2, 0.25) is 0 Å². The second kappa shape index (κ2) is 12.4. The molecule has 2 N–H and O–H groups in total. The fourth-order valence-electron chi connectivity index (χ4n) is 3.84. The van der Waals surface area contributed by atoms with Crippen molar-refractivity contribution in [3.8, 4) is 11.4 Å². The summed E-state index contributed by atoms with van der Waals surface area (Å²) in [5.41, 5.74) is 3.18. The van der Waals surface area contributed by atoms with E-state index >= 15 is 0 Å². The molecular weight excluding hydrogens is 466 g/mol. The van der Waals surface area contributed by atoms with Crippen LogP contribution in [0.5, 0.6) is 5.75 Å². The number of methoxy groups -OCH3 is 1. The molecule has 3 rings (SSSR count). The van der Waals surface area contributed by atoms with E-state index < -0.39 is 0 Å². The predicted octanol–water partition coefficient (Wildman–Crippen LogP) is 6.15. The monoisotopic (exact) mass is 505 g/mol. The van der Waals surface area contributed by atoms with E-state index in [1.54, 1.807) is 16.7 Å². The summed E-state index contributed by atoms with van der Waals surface area (Å²) < 4.78 is 6.99. The van der Waals surface area contributed by atoms with Crippen molar-refractivity contribution in [3.63, 3.8) is 0 Å². The number of nitrogens with one attached hydrogen (secondary N) is 2. The number of urea groups is 1. The molecule has 3 aromatic rings. The number of hydrogen-bond acceptors (Lipinski definition) is 4. The molecule has 1 heterocycles. The van der Waals surface area contributed by atoms with Gasteiger partial charge in [-0.1, -0.05) is 52.7 Å². The summed E-state index contributed by atoms with van der Waals surface area (Å²) in [6, 6.07) is 16.7. The maximum absolute atomic E-state index is 13.2. The molecule has 0 fully saturated rings. The van der Waals surface area contributed by atoms with Crippen molar-refractivity contribution in [2.24, 2.45) is 0 Å². The Balaban J connectivity index is 1.80. The first-order valence-corrected chi connectivity index (χ1v) is 12.8. The third kappa shape index (κ3) is 7.84. The minimum Gasteiger partial charge on any atom is -0.497 e. The molecule has 1 aromatic heterocycles. The van der Waals surface area contributed by atoms with Gasteiger partial charge in [0.15, 0.2) is 0 Å². The summed E-state index contributed by atoms with van der Waals surface area (Å²) in [5, 5.41) is 10.7. The van der Waals surface area contributed by atoms with Crippen molar-refractivity contribution in [3.05, 3.63) is 65.9 Å². The highest BCUT2D eigenvalue weighted by Crippen LogP contribution is 2.27. The molecule has 198 valence electrons. The zero-order chi connectivity index (χ0) is 27.0. The van der Waals surface area contributed by atoms with Crippen LogP contribution in [0, 0.1) is 6.92 Å². The van der Waals surface area contributed by atoms with Gasteiger partial charge >= 0.3 is 6.03 Å². The summed E-state index contributed by atoms with van der Waals surface area (Å²) in [4.78, 5) is 27.9. The molecule has 2 aromatic carbocycles. The number of nitrogens with zero attached hydrogens (tertiary/aromatic N) is 3. The molecule has 0 aliphatic heterocycles. The van der Waals surface area contributed by atoms with Crippen molar-refractivity contribution in [2.75, 3.05) is 30.8 Å². The first kappa shape index (κ1) is 27.8. The molecule has 0 bridgehead atoms. The largest absolute Gasteiger partial charge is 0.497 e. The topological polar surface area (TPSA) is 88.5 Å². The molecule has 0 spiro atoms. The van der Waals surface area contributed by atoms with E-state index in [2.05, 4.69) is 38.3 Å². The predicted molar refractivity (Wildman–Crippen MR) is 149 cm³/mol. The van der Waals surface area contributed by atoms with Crippen molar-refractivity contribution >= 4 is 23.4 Å². The molecule has 0 aliphatic rings. The van der Waals surface area contributed by atoms with Crippen LogP contribution in [-0.4, -0.2) is 46.8 Å². The Bertz CT molecular complexity index is 1190. The minimum absolute atomic E-state index is 0.0694. The van der Waals surface area contributed by atoms with E-state index in [0.717, 1.165) is 42.0 Å². The Labute approximate surface area is 220 Å². The van der Waals surface area contributed by atoms with E-state index in [1.807, 2.05) is 61.5 Å². The fraction of sp³-hybridized carbons (Fsp3) is 0.414. The van der Waals surface area contributed by atoms with Crippen LogP contribution in [-0.2, 0) is 10.2 Å². The number of unbranched alkanes of at least 4 members (excludes halogenated alkanes) is 2. The second-order valence-corrected chi connectivity index (χ2v) is 10.3. The average molecular weight is 506 g/mol. The molecule has 8 nitrogen and oxygen atoms in total. The Hall–Kier alpha value is -3.81. The molecule has 0 atom stereocenters. The summed E-state index contributed by atoms with van der Waals surface area (Å²) in [7, 11) is 1.62. The third-order valence-corrected chi connectivity index (χ3v) is 5.98. The second-order valence-electron chi connectivity index (χ2n) is 10.3. The molecular formula is C29H39N5O3. The van der Waals surface area contributed by atoms with Crippen molar-refractivity contribution in [1.29, 1.82) is 0 Å². The standard InChI is InChI=1S/C29H39N5O3/c1-7-8-9-17-33(28(36)30-22-12-10-11-21(2)18-22)20-27(35)31-26-19-25(29(3,4)5)32-34(26)23-13-15-24(37-6)16-14-23/h10-16,18-19H,7-9,17,20H2,1-6H3,(H,30,36)(H,31,35). The number of amides is 3. The van der Waals surface area contributed by atoms with Crippen LogP contribution >= 0.6 is 0 Å². The van der Waals surface area contributed by atoms with E-state index in [4.69, 9.17) is 9.84 Å². The Morgan fingerprint density at radius 3 is 2.38 bits per heavy atom. The number of carbonyl (C=O) groups excluding carboxylic acids is 2. The van der Waals surface area contributed by atoms with E-state index in [9.17, 15) is 9.59 Å². The summed E-state index contributed by atoms with van der Waals surface area (Å²) in [6.07, 6.45) is 2.83. The summed E-state index contributed by atoms with van der Waals surface area (Å²) in [6.45, 7) is 10.7.